The molecule has 1 amide bonds. The number of amides is 1. The number of carbonyl (C=O) groups excluding carboxylic acids is 1. The number of sulfonamides is 1. The van der Waals surface area contributed by atoms with Crippen LogP contribution in [0.5, 0.6) is 11.5 Å². The summed E-state index contributed by atoms with van der Waals surface area (Å²) in [5, 5.41) is 0.400. The average Bonchev–Trinajstić information content (AvgIpc) is 3.36. The maximum absolute atomic E-state index is 14.2. The molecule has 0 bridgehead atoms. The third kappa shape index (κ3) is 6.59. The van der Waals surface area contributed by atoms with Crippen molar-refractivity contribution in [2.75, 3.05) is 24.7 Å². The first-order chi connectivity index (χ1) is 22.4. The van der Waals surface area contributed by atoms with E-state index in [9.17, 15) is 22.0 Å². The number of methoxy groups -OCH3 is 1. The second-order valence-corrected chi connectivity index (χ2v) is 13.8. The summed E-state index contributed by atoms with van der Waals surface area (Å²) in [6, 6.07) is 19.4. The fraction of sp³-hybridized carbons (Fsp3) is 0.200. The Morgan fingerprint density at radius 2 is 1.64 bits per heavy atom. The summed E-state index contributed by atoms with van der Waals surface area (Å²) in [4.78, 5) is 20.4. The van der Waals surface area contributed by atoms with Gasteiger partial charge in [-0.25, -0.2) is 17.2 Å². The molecule has 0 N–H and O–H groups in total. The quantitative estimate of drug-likeness (QED) is 0.160. The molecule has 0 radical (unpaired) electrons. The lowest BCUT2D eigenvalue weighted by molar-refractivity contribution is 0.0763. The van der Waals surface area contributed by atoms with Gasteiger partial charge in [0.2, 0.25) is 10.0 Å². The largest absolute Gasteiger partial charge is 0.497 e. The van der Waals surface area contributed by atoms with Crippen molar-refractivity contribution in [3.63, 3.8) is 0 Å². The first-order valence-electron chi connectivity index (χ1n) is 14.6. The van der Waals surface area contributed by atoms with Gasteiger partial charge in [0.1, 0.15) is 29.5 Å². The molecule has 0 saturated heterocycles. The summed E-state index contributed by atoms with van der Waals surface area (Å²) in [6.45, 7) is 0.231. The highest BCUT2D eigenvalue weighted by Crippen LogP contribution is 2.46. The van der Waals surface area contributed by atoms with Gasteiger partial charge in [0.05, 0.1) is 29.6 Å². The average molecular weight is 678 g/mol. The Bertz CT molecular complexity index is 2110. The minimum atomic E-state index is -3.80. The van der Waals surface area contributed by atoms with Crippen LogP contribution in [0.25, 0.3) is 10.9 Å². The monoisotopic (exact) mass is 677 g/mol. The van der Waals surface area contributed by atoms with Gasteiger partial charge in [-0.3, -0.25) is 14.1 Å². The number of benzene rings is 4. The number of rotatable bonds is 10. The number of nitrogens with zero attached hydrogens (tertiary/aromatic N) is 3. The molecule has 5 aromatic rings. The first kappa shape index (κ1) is 32.2. The Balaban J connectivity index is 1.51. The number of ether oxygens (including phenoxy) is 2. The lowest BCUT2D eigenvalue weighted by Gasteiger charge is -2.24. The Labute approximate surface area is 276 Å². The number of aromatic nitrogens is 1. The second-order valence-electron chi connectivity index (χ2n) is 11.4. The van der Waals surface area contributed by atoms with Crippen LogP contribution < -0.4 is 13.8 Å². The molecule has 0 fully saturated rings. The van der Waals surface area contributed by atoms with E-state index in [2.05, 4.69) is 0 Å². The minimum absolute atomic E-state index is 0.0510. The predicted molar refractivity (Wildman–Crippen MR) is 177 cm³/mol. The number of pyridine rings is 1. The number of carbonyl (C=O) groups is 1. The van der Waals surface area contributed by atoms with Gasteiger partial charge in [0.25, 0.3) is 5.91 Å². The molecule has 0 spiro atoms. The highest BCUT2D eigenvalue weighted by Gasteiger charge is 2.38. The maximum atomic E-state index is 14.2. The third-order valence-electron chi connectivity index (χ3n) is 8.11. The van der Waals surface area contributed by atoms with Gasteiger partial charge in [-0.15, -0.1) is 0 Å². The SMILES string of the molecule is COc1ccc(COc2c3c(c(N(C)S(C)(=O)=O)c4cc(Cc5ccc(F)cc5)cnc24)CN(Cc2ccc(F)c(Cl)c2)C3=O)cc1. The molecule has 4 aromatic carbocycles. The van der Waals surface area contributed by atoms with Gasteiger partial charge in [0, 0.05) is 37.3 Å². The fourth-order valence-corrected chi connectivity index (χ4v) is 6.41. The smallest absolute Gasteiger partial charge is 0.258 e. The van der Waals surface area contributed by atoms with Crippen molar-refractivity contribution >= 4 is 44.1 Å². The van der Waals surface area contributed by atoms with E-state index in [4.69, 9.17) is 26.1 Å². The molecule has 0 aliphatic carbocycles. The standard InChI is InChI=1S/C35H30ClF2N3O5S/c1-40(47(3,43)44)33-27-15-24(14-21-4-9-25(37)10-5-21)17-39-32(27)34(46-20-22-6-11-26(45-2)12-7-22)31-28(33)19-41(35(31)42)18-23-8-13-30(38)29(36)16-23/h4-13,15-17H,14,18-20H2,1-3H3. The number of hydrogen-bond donors (Lipinski definition) is 0. The van der Waals surface area contributed by atoms with E-state index in [0.717, 1.165) is 27.3 Å². The zero-order chi connectivity index (χ0) is 33.5. The van der Waals surface area contributed by atoms with Crippen molar-refractivity contribution in [1.29, 1.82) is 0 Å². The Morgan fingerprint density at radius 1 is 0.957 bits per heavy atom. The van der Waals surface area contributed by atoms with Crippen LogP contribution in [0.2, 0.25) is 5.02 Å². The number of anilines is 1. The lowest BCUT2D eigenvalue weighted by Crippen LogP contribution is -2.27. The molecule has 1 aliphatic heterocycles. The molecule has 0 unspecified atom stereocenters. The third-order valence-corrected chi connectivity index (χ3v) is 9.58. The van der Waals surface area contributed by atoms with Crippen molar-refractivity contribution in [1.82, 2.24) is 9.88 Å². The van der Waals surface area contributed by atoms with Crippen molar-refractivity contribution in [3.05, 3.63) is 129 Å². The van der Waals surface area contributed by atoms with Crippen molar-refractivity contribution < 1.29 is 31.5 Å². The number of hydrogen-bond acceptors (Lipinski definition) is 6. The Hall–Kier alpha value is -4.74. The molecule has 2 heterocycles. The molecule has 242 valence electrons. The van der Waals surface area contributed by atoms with Gasteiger partial charge < -0.3 is 14.4 Å². The van der Waals surface area contributed by atoms with Crippen LogP contribution in [0.3, 0.4) is 0 Å². The van der Waals surface area contributed by atoms with Gasteiger partial charge in [-0.05, 0) is 71.1 Å². The molecular weight excluding hydrogens is 648 g/mol. The molecular formula is C35H30ClF2N3O5S. The fourth-order valence-electron chi connectivity index (χ4n) is 5.67. The zero-order valence-corrected chi connectivity index (χ0v) is 27.3. The van der Waals surface area contributed by atoms with Gasteiger partial charge in [0.15, 0.2) is 5.75 Å². The normalized spacial score (nSPS) is 12.8. The van der Waals surface area contributed by atoms with Crippen LogP contribution in [0, 0.1) is 11.6 Å². The van der Waals surface area contributed by atoms with Crippen LogP contribution in [0.1, 0.15) is 38.2 Å². The van der Waals surface area contributed by atoms with Gasteiger partial charge >= 0.3 is 0 Å². The minimum Gasteiger partial charge on any atom is -0.497 e. The van der Waals surface area contributed by atoms with Crippen LogP contribution in [0.15, 0.2) is 79.0 Å². The molecule has 8 nitrogen and oxygen atoms in total. The summed E-state index contributed by atoms with van der Waals surface area (Å²) in [5.74, 6) is -0.433. The summed E-state index contributed by atoms with van der Waals surface area (Å²) in [6.07, 6.45) is 3.13. The topological polar surface area (TPSA) is 89.0 Å². The van der Waals surface area contributed by atoms with Crippen LogP contribution in [-0.4, -0.2) is 44.6 Å². The molecule has 0 atom stereocenters. The summed E-state index contributed by atoms with van der Waals surface area (Å²) in [5.41, 5.74) is 4.25. The zero-order valence-electron chi connectivity index (χ0n) is 25.8. The van der Waals surface area contributed by atoms with E-state index in [1.807, 2.05) is 18.2 Å². The Morgan fingerprint density at radius 3 is 2.30 bits per heavy atom. The summed E-state index contributed by atoms with van der Waals surface area (Å²) in [7, 11) is -0.797. The molecule has 6 rings (SSSR count). The molecule has 47 heavy (non-hydrogen) atoms. The van der Waals surface area contributed by atoms with E-state index in [1.54, 1.807) is 43.6 Å². The van der Waals surface area contributed by atoms with Crippen LogP contribution in [0.4, 0.5) is 14.5 Å². The van der Waals surface area contributed by atoms with E-state index in [1.165, 1.54) is 36.2 Å². The maximum Gasteiger partial charge on any atom is 0.258 e. The highest BCUT2D eigenvalue weighted by molar-refractivity contribution is 7.92. The summed E-state index contributed by atoms with van der Waals surface area (Å²) >= 11 is 6.03. The summed E-state index contributed by atoms with van der Waals surface area (Å²) < 4.78 is 66.3. The molecule has 12 heteroatoms. The Kier molecular flexibility index (Phi) is 8.78. The molecule has 1 aromatic heterocycles. The van der Waals surface area contributed by atoms with Gasteiger partial charge in [-0.1, -0.05) is 41.9 Å². The highest BCUT2D eigenvalue weighted by atomic mass is 35.5. The van der Waals surface area contributed by atoms with Crippen molar-refractivity contribution in [2.45, 2.75) is 26.1 Å². The molecule has 1 aliphatic rings. The van der Waals surface area contributed by atoms with Crippen LogP contribution >= 0.6 is 11.6 Å². The molecule has 0 saturated carbocycles. The first-order valence-corrected chi connectivity index (χ1v) is 16.8. The van der Waals surface area contributed by atoms with Gasteiger partial charge in [-0.2, -0.15) is 0 Å². The van der Waals surface area contributed by atoms with Crippen molar-refractivity contribution in [2.24, 2.45) is 0 Å². The van der Waals surface area contributed by atoms with E-state index in [-0.39, 0.29) is 41.8 Å². The van der Waals surface area contributed by atoms with Crippen LogP contribution in [-0.2, 0) is 36.1 Å². The number of halogens is 3. The predicted octanol–water partition coefficient (Wildman–Crippen LogP) is 6.90. The van der Waals surface area contributed by atoms with E-state index in [0.29, 0.717) is 39.9 Å². The van der Waals surface area contributed by atoms with Crippen molar-refractivity contribution in [3.8, 4) is 11.5 Å². The lowest BCUT2D eigenvalue weighted by atomic mass is 9.98. The number of fused-ring (bicyclic) bond motifs is 2. The van der Waals surface area contributed by atoms with E-state index < -0.39 is 21.7 Å². The van der Waals surface area contributed by atoms with E-state index >= 15 is 0 Å². The second kappa shape index (κ2) is 12.8.